The first-order valence-corrected chi connectivity index (χ1v) is 7.56. The van der Waals surface area contributed by atoms with Crippen molar-refractivity contribution in [3.05, 3.63) is 51.3 Å². The average Bonchev–Trinajstić information content (AvgIpc) is 2.75. The highest BCUT2D eigenvalue weighted by Gasteiger charge is 2.11. The standard InChI is InChI=1S/C15H20BrN3O/c1-3-19-14(15(16)11(2)18-19)9-17-8-12-4-6-13(10-20)7-5-12/h4-7,17,20H,3,8-10H2,1-2H3. The number of benzene rings is 1. The lowest BCUT2D eigenvalue weighted by molar-refractivity contribution is 0.282. The van der Waals surface area contributed by atoms with Gasteiger partial charge >= 0.3 is 0 Å². The highest BCUT2D eigenvalue weighted by Crippen LogP contribution is 2.20. The summed E-state index contributed by atoms with van der Waals surface area (Å²) in [5.41, 5.74) is 4.35. The lowest BCUT2D eigenvalue weighted by atomic mass is 10.1. The molecule has 0 atom stereocenters. The second-order valence-corrected chi connectivity index (χ2v) is 5.53. The number of aliphatic hydroxyl groups excluding tert-OH is 1. The molecule has 0 aliphatic heterocycles. The summed E-state index contributed by atoms with van der Waals surface area (Å²) in [6.45, 7) is 6.64. The van der Waals surface area contributed by atoms with Gasteiger partial charge in [0.05, 0.1) is 22.5 Å². The van der Waals surface area contributed by atoms with Crippen LogP contribution >= 0.6 is 15.9 Å². The Hall–Kier alpha value is -1.17. The Morgan fingerprint density at radius 2 is 1.85 bits per heavy atom. The number of nitrogens with one attached hydrogen (secondary N) is 1. The zero-order chi connectivity index (χ0) is 14.5. The van der Waals surface area contributed by atoms with Crippen LogP contribution in [0.25, 0.3) is 0 Å². The van der Waals surface area contributed by atoms with Crippen LogP contribution in [0.1, 0.15) is 29.4 Å². The maximum Gasteiger partial charge on any atom is 0.0739 e. The Bertz CT molecular complexity index is 563. The molecule has 0 saturated heterocycles. The van der Waals surface area contributed by atoms with E-state index in [0.717, 1.165) is 35.4 Å². The molecule has 0 aliphatic rings. The van der Waals surface area contributed by atoms with E-state index in [4.69, 9.17) is 5.11 Å². The van der Waals surface area contributed by atoms with Crippen molar-refractivity contribution >= 4 is 15.9 Å². The second-order valence-electron chi connectivity index (χ2n) is 4.74. The molecule has 1 heterocycles. The molecule has 20 heavy (non-hydrogen) atoms. The minimum absolute atomic E-state index is 0.0929. The lowest BCUT2D eigenvalue weighted by Gasteiger charge is -2.08. The molecule has 2 aromatic rings. The van der Waals surface area contributed by atoms with Crippen LogP contribution in [0.3, 0.4) is 0 Å². The summed E-state index contributed by atoms with van der Waals surface area (Å²) >= 11 is 3.60. The van der Waals surface area contributed by atoms with Crippen molar-refractivity contribution < 1.29 is 5.11 Å². The van der Waals surface area contributed by atoms with Gasteiger partial charge in [0, 0.05) is 19.6 Å². The van der Waals surface area contributed by atoms with Crippen molar-refractivity contribution in [1.82, 2.24) is 15.1 Å². The molecule has 0 spiro atoms. The number of rotatable bonds is 6. The third kappa shape index (κ3) is 3.48. The number of hydrogen-bond donors (Lipinski definition) is 2. The largest absolute Gasteiger partial charge is 0.392 e. The first kappa shape index (κ1) is 15.2. The summed E-state index contributed by atoms with van der Waals surface area (Å²) in [4.78, 5) is 0. The molecular weight excluding hydrogens is 318 g/mol. The smallest absolute Gasteiger partial charge is 0.0739 e. The van der Waals surface area contributed by atoms with E-state index >= 15 is 0 Å². The van der Waals surface area contributed by atoms with Gasteiger partial charge in [-0.05, 0) is 40.9 Å². The molecule has 1 aromatic heterocycles. The normalized spacial score (nSPS) is 11.0. The van der Waals surface area contributed by atoms with Gasteiger partial charge in [-0.25, -0.2) is 0 Å². The van der Waals surface area contributed by atoms with Crippen molar-refractivity contribution in [3.8, 4) is 0 Å². The molecule has 5 heteroatoms. The molecule has 0 unspecified atom stereocenters. The number of aromatic nitrogens is 2. The lowest BCUT2D eigenvalue weighted by Crippen LogP contribution is -2.16. The molecule has 2 rings (SSSR count). The van der Waals surface area contributed by atoms with Gasteiger partial charge in [-0.3, -0.25) is 4.68 Å². The summed E-state index contributed by atoms with van der Waals surface area (Å²) < 4.78 is 3.10. The van der Waals surface area contributed by atoms with Crippen LogP contribution in [0.5, 0.6) is 0 Å². The predicted octanol–water partition coefficient (Wildman–Crippen LogP) is 2.76. The van der Waals surface area contributed by atoms with E-state index < -0.39 is 0 Å². The van der Waals surface area contributed by atoms with E-state index in [2.05, 4.69) is 33.3 Å². The second kappa shape index (κ2) is 7.02. The van der Waals surface area contributed by atoms with E-state index in [9.17, 15) is 0 Å². The molecule has 0 radical (unpaired) electrons. The molecule has 2 N–H and O–H groups in total. The fourth-order valence-electron chi connectivity index (χ4n) is 2.13. The third-order valence-electron chi connectivity index (χ3n) is 3.28. The molecule has 0 saturated carbocycles. The SMILES string of the molecule is CCn1nc(C)c(Br)c1CNCc1ccc(CO)cc1. The predicted molar refractivity (Wildman–Crippen MR) is 83.2 cm³/mol. The van der Waals surface area contributed by atoms with E-state index in [1.54, 1.807) is 0 Å². The summed E-state index contributed by atoms with van der Waals surface area (Å²) in [7, 11) is 0. The van der Waals surface area contributed by atoms with Crippen molar-refractivity contribution in [2.75, 3.05) is 0 Å². The molecule has 4 nitrogen and oxygen atoms in total. The third-order valence-corrected chi connectivity index (χ3v) is 4.31. The monoisotopic (exact) mass is 337 g/mol. The molecule has 0 fully saturated rings. The van der Waals surface area contributed by atoms with Crippen molar-refractivity contribution in [1.29, 1.82) is 0 Å². The van der Waals surface area contributed by atoms with Crippen LogP contribution in [0.15, 0.2) is 28.7 Å². The van der Waals surface area contributed by atoms with Gasteiger partial charge in [0.15, 0.2) is 0 Å². The molecule has 0 amide bonds. The first-order chi connectivity index (χ1) is 9.65. The highest BCUT2D eigenvalue weighted by atomic mass is 79.9. The first-order valence-electron chi connectivity index (χ1n) is 6.76. The summed E-state index contributed by atoms with van der Waals surface area (Å²) in [5, 5.41) is 16.9. The Balaban J connectivity index is 1.95. The highest BCUT2D eigenvalue weighted by molar-refractivity contribution is 9.10. The van der Waals surface area contributed by atoms with E-state index in [-0.39, 0.29) is 6.61 Å². The molecule has 1 aromatic carbocycles. The van der Waals surface area contributed by atoms with Crippen LogP contribution < -0.4 is 5.32 Å². The Morgan fingerprint density at radius 1 is 1.20 bits per heavy atom. The topological polar surface area (TPSA) is 50.1 Å². The zero-order valence-electron chi connectivity index (χ0n) is 11.9. The van der Waals surface area contributed by atoms with Gasteiger partial charge in [-0.1, -0.05) is 24.3 Å². The van der Waals surface area contributed by atoms with Crippen molar-refractivity contribution in [2.24, 2.45) is 0 Å². The van der Waals surface area contributed by atoms with Crippen LogP contribution in [0.2, 0.25) is 0 Å². The van der Waals surface area contributed by atoms with Crippen molar-refractivity contribution in [2.45, 2.75) is 40.1 Å². The molecule has 0 aliphatic carbocycles. The number of nitrogens with zero attached hydrogens (tertiary/aromatic N) is 2. The number of aryl methyl sites for hydroxylation is 2. The molecule has 108 valence electrons. The maximum atomic E-state index is 9.01. The molecular formula is C15H20BrN3O. The average molecular weight is 338 g/mol. The Morgan fingerprint density at radius 3 is 2.45 bits per heavy atom. The summed E-state index contributed by atoms with van der Waals surface area (Å²) in [6.07, 6.45) is 0. The minimum atomic E-state index is 0.0929. The van der Waals surface area contributed by atoms with E-state index in [1.165, 1.54) is 11.3 Å². The van der Waals surface area contributed by atoms with Gasteiger partial charge in [0.25, 0.3) is 0 Å². The fraction of sp³-hybridized carbons (Fsp3) is 0.400. The number of aliphatic hydroxyl groups is 1. The number of halogens is 1. The van der Waals surface area contributed by atoms with Gasteiger partial charge in [0.2, 0.25) is 0 Å². The van der Waals surface area contributed by atoms with Gasteiger partial charge < -0.3 is 10.4 Å². The van der Waals surface area contributed by atoms with Gasteiger partial charge in [0.1, 0.15) is 0 Å². The van der Waals surface area contributed by atoms with Crippen LogP contribution in [0.4, 0.5) is 0 Å². The van der Waals surface area contributed by atoms with Crippen LogP contribution in [-0.2, 0) is 26.2 Å². The van der Waals surface area contributed by atoms with Gasteiger partial charge in [-0.2, -0.15) is 5.10 Å². The zero-order valence-corrected chi connectivity index (χ0v) is 13.4. The minimum Gasteiger partial charge on any atom is -0.392 e. The van der Waals surface area contributed by atoms with E-state index in [0.29, 0.717) is 0 Å². The Labute approximate surface area is 127 Å². The number of hydrogen-bond acceptors (Lipinski definition) is 3. The summed E-state index contributed by atoms with van der Waals surface area (Å²) in [6, 6.07) is 7.98. The van der Waals surface area contributed by atoms with Crippen molar-refractivity contribution in [3.63, 3.8) is 0 Å². The van der Waals surface area contributed by atoms with Gasteiger partial charge in [-0.15, -0.1) is 0 Å². The summed E-state index contributed by atoms with van der Waals surface area (Å²) in [5.74, 6) is 0. The Kier molecular flexibility index (Phi) is 5.34. The maximum absolute atomic E-state index is 9.01. The van der Waals surface area contributed by atoms with Crippen LogP contribution in [0, 0.1) is 6.92 Å². The fourth-order valence-corrected chi connectivity index (χ4v) is 2.55. The quantitative estimate of drug-likeness (QED) is 0.852. The molecule has 0 bridgehead atoms. The van der Waals surface area contributed by atoms with E-state index in [1.807, 2.05) is 35.9 Å². The van der Waals surface area contributed by atoms with Crippen LogP contribution in [-0.4, -0.2) is 14.9 Å².